The van der Waals surface area contributed by atoms with E-state index in [9.17, 15) is 13.2 Å². The summed E-state index contributed by atoms with van der Waals surface area (Å²) < 4.78 is 45.6. The Hall–Kier alpha value is -1.54. The van der Waals surface area contributed by atoms with E-state index < -0.39 is 12.1 Å². The number of hydrogen-bond donors (Lipinski definition) is 0. The van der Waals surface area contributed by atoms with Crippen molar-refractivity contribution in [1.29, 1.82) is 0 Å². The van der Waals surface area contributed by atoms with E-state index in [0.717, 1.165) is 17.4 Å². The van der Waals surface area contributed by atoms with Crippen LogP contribution in [0.4, 0.5) is 13.2 Å². The zero-order valence-corrected chi connectivity index (χ0v) is 10.7. The van der Waals surface area contributed by atoms with Gasteiger partial charge in [0.2, 0.25) is 0 Å². The molecule has 0 spiro atoms. The summed E-state index contributed by atoms with van der Waals surface area (Å²) in [5.74, 6) is -0.392. The van der Waals surface area contributed by atoms with Gasteiger partial charge in [0, 0.05) is 0 Å². The van der Waals surface area contributed by atoms with Crippen molar-refractivity contribution in [3.8, 4) is 16.7 Å². The maximum atomic E-state index is 12.2. The van der Waals surface area contributed by atoms with Crippen molar-refractivity contribution in [1.82, 2.24) is 10.2 Å². The lowest BCUT2D eigenvalue weighted by Gasteiger charge is -2.11. The highest BCUT2D eigenvalue weighted by atomic mass is 35.5. The number of rotatable bonds is 4. The molecule has 0 fully saturated rings. The van der Waals surface area contributed by atoms with E-state index in [0.29, 0.717) is 5.01 Å². The summed E-state index contributed by atoms with van der Waals surface area (Å²) in [6.45, 7) is 0. The molecule has 0 atom stereocenters. The minimum Gasteiger partial charge on any atom is -0.426 e. The molecule has 19 heavy (non-hydrogen) atoms. The van der Waals surface area contributed by atoms with E-state index in [1.807, 2.05) is 0 Å². The second-order valence-corrected chi connectivity index (χ2v) is 4.48. The van der Waals surface area contributed by atoms with Crippen molar-refractivity contribution in [2.24, 2.45) is 0 Å². The fraction of sp³-hybridized carbons (Fsp3) is 0.200. The second-order valence-electron chi connectivity index (χ2n) is 3.19. The number of nitrogens with zero attached hydrogens (tertiary/aromatic N) is 2. The van der Waals surface area contributed by atoms with Crippen LogP contribution in [0.3, 0.4) is 0 Å². The van der Waals surface area contributed by atoms with Gasteiger partial charge in [-0.2, -0.15) is 0 Å². The van der Waals surface area contributed by atoms with Crippen molar-refractivity contribution in [3.63, 3.8) is 0 Å². The van der Waals surface area contributed by atoms with Crippen molar-refractivity contribution >= 4 is 22.9 Å². The molecule has 0 unspecified atom stereocenters. The van der Waals surface area contributed by atoms with E-state index in [4.69, 9.17) is 16.3 Å². The molecular weight excluding hydrogens is 305 g/mol. The van der Waals surface area contributed by atoms with Crippen LogP contribution in [-0.4, -0.2) is 16.6 Å². The maximum absolute atomic E-state index is 12.2. The lowest BCUT2D eigenvalue weighted by Crippen LogP contribution is -2.17. The van der Waals surface area contributed by atoms with Gasteiger partial charge in [-0.1, -0.05) is 28.6 Å². The quantitative estimate of drug-likeness (QED) is 0.802. The molecule has 1 heterocycles. The van der Waals surface area contributed by atoms with Crippen LogP contribution in [0.25, 0.3) is 0 Å². The number of para-hydroxylation sites is 2. The van der Waals surface area contributed by atoms with Gasteiger partial charge in [0.1, 0.15) is 5.01 Å². The molecule has 0 amide bonds. The molecule has 4 nitrogen and oxygen atoms in total. The normalized spacial score (nSPS) is 11.4. The van der Waals surface area contributed by atoms with Gasteiger partial charge in [-0.3, -0.25) is 0 Å². The predicted molar refractivity (Wildman–Crippen MR) is 62.7 cm³/mol. The lowest BCUT2D eigenvalue weighted by atomic mass is 10.3. The number of benzene rings is 1. The summed E-state index contributed by atoms with van der Waals surface area (Å²) in [6, 6.07) is 5.40. The average molecular weight is 311 g/mol. The highest BCUT2D eigenvalue weighted by Crippen LogP contribution is 2.35. The standard InChI is InChI=1S/C10H6ClF3N2O2S/c11-5-8-15-16-9(19-8)17-6-3-1-2-4-7(6)18-10(12,13)14/h1-4H,5H2. The fourth-order valence-corrected chi connectivity index (χ4v) is 1.94. The van der Waals surface area contributed by atoms with Crippen molar-refractivity contribution in [2.75, 3.05) is 0 Å². The van der Waals surface area contributed by atoms with Gasteiger partial charge in [-0.05, 0) is 12.1 Å². The molecule has 0 bridgehead atoms. The third-order valence-electron chi connectivity index (χ3n) is 1.83. The van der Waals surface area contributed by atoms with E-state index in [-0.39, 0.29) is 16.8 Å². The van der Waals surface area contributed by atoms with Crippen LogP contribution < -0.4 is 9.47 Å². The van der Waals surface area contributed by atoms with Gasteiger partial charge in [-0.15, -0.1) is 29.9 Å². The highest BCUT2D eigenvalue weighted by molar-refractivity contribution is 7.13. The molecule has 0 N–H and O–H groups in total. The van der Waals surface area contributed by atoms with E-state index in [1.165, 1.54) is 18.2 Å². The molecule has 2 aromatic rings. The summed E-state index contributed by atoms with van der Waals surface area (Å²) in [7, 11) is 0. The molecule has 0 radical (unpaired) electrons. The monoisotopic (exact) mass is 310 g/mol. The third kappa shape index (κ3) is 3.97. The van der Waals surface area contributed by atoms with Gasteiger partial charge in [-0.25, -0.2) is 0 Å². The van der Waals surface area contributed by atoms with Gasteiger partial charge >= 0.3 is 6.36 Å². The Bertz CT molecular complexity index is 562. The topological polar surface area (TPSA) is 44.2 Å². The van der Waals surface area contributed by atoms with Crippen LogP contribution >= 0.6 is 22.9 Å². The molecular formula is C10H6ClF3N2O2S. The number of aromatic nitrogens is 2. The zero-order valence-electron chi connectivity index (χ0n) is 9.15. The zero-order chi connectivity index (χ0) is 13.9. The number of alkyl halides is 4. The van der Waals surface area contributed by atoms with Gasteiger partial charge in [0.15, 0.2) is 11.5 Å². The van der Waals surface area contributed by atoms with Crippen molar-refractivity contribution < 1.29 is 22.6 Å². The van der Waals surface area contributed by atoms with Gasteiger partial charge in [0.05, 0.1) is 5.88 Å². The molecule has 0 aliphatic carbocycles. The average Bonchev–Trinajstić information content (AvgIpc) is 2.78. The van der Waals surface area contributed by atoms with E-state index >= 15 is 0 Å². The van der Waals surface area contributed by atoms with E-state index in [2.05, 4.69) is 14.9 Å². The fourth-order valence-electron chi connectivity index (χ4n) is 1.17. The Labute approximate surface area is 114 Å². The first-order valence-corrected chi connectivity index (χ1v) is 6.24. The predicted octanol–water partition coefficient (Wildman–Crippen LogP) is 3.97. The first-order chi connectivity index (χ1) is 8.98. The summed E-state index contributed by atoms with van der Waals surface area (Å²) in [4.78, 5) is 0. The van der Waals surface area contributed by atoms with Crippen molar-refractivity contribution in [2.45, 2.75) is 12.2 Å². The van der Waals surface area contributed by atoms with Crippen LogP contribution in [0.1, 0.15) is 5.01 Å². The molecule has 102 valence electrons. The first kappa shape index (κ1) is 13.9. The van der Waals surface area contributed by atoms with Crippen LogP contribution in [-0.2, 0) is 5.88 Å². The number of halogens is 4. The minimum absolute atomic E-state index is 0.0916. The Morgan fingerprint density at radius 1 is 1.16 bits per heavy atom. The lowest BCUT2D eigenvalue weighted by molar-refractivity contribution is -0.275. The van der Waals surface area contributed by atoms with Gasteiger partial charge < -0.3 is 9.47 Å². The summed E-state index contributed by atoms with van der Waals surface area (Å²) in [5.41, 5.74) is 0. The van der Waals surface area contributed by atoms with Crippen LogP contribution in [0, 0.1) is 0 Å². The largest absolute Gasteiger partial charge is 0.573 e. The Kier molecular flexibility index (Phi) is 4.11. The Morgan fingerprint density at radius 2 is 1.84 bits per heavy atom. The summed E-state index contributed by atoms with van der Waals surface area (Å²) in [6.07, 6.45) is -4.79. The Morgan fingerprint density at radius 3 is 2.42 bits per heavy atom. The molecule has 0 saturated carbocycles. The van der Waals surface area contributed by atoms with Crippen LogP contribution in [0.15, 0.2) is 24.3 Å². The summed E-state index contributed by atoms with van der Waals surface area (Å²) in [5, 5.41) is 7.93. The molecule has 0 saturated heterocycles. The molecule has 1 aromatic heterocycles. The van der Waals surface area contributed by atoms with Crippen LogP contribution in [0.5, 0.6) is 16.7 Å². The SMILES string of the molecule is FC(F)(F)Oc1ccccc1Oc1nnc(CCl)s1. The molecule has 0 aliphatic heterocycles. The molecule has 1 aromatic carbocycles. The molecule has 2 rings (SSSR count). The molecule has 9 heteroatoms. The smallest absolute Gasteiger partial charge is 0.426 e. The van der Waals surface area contributed by atoms with E-state index in [1.54, 1.807) is 0 Å². The van der Waals surface area contributed by atoms with Gasteiger partial charge in [0.25, 0.3) is 5.19 Å². The molecule has 0 aliphatic rings. The second kappa shape index (κ2) is 5.62. The number of ether oxygens (including phenoxy) is 2. The van der Waals surface area contributed by atoms with Crippen LogP contribution in [0.2, 0.25) is 0 Å². The first-order valence-electron chi connectivity index (χ1n) is 4.89. The minimum atomic E-state index is -4.79. The maximum Gasteiger partial charge on any atom is 0.573 e. The highest BCUT2D eigenvalue weighted by Gasteiger charge is 2.32. The number of hydrogen-bond acceptors (Lipinski definition) is 5. The van der Waals surface area contributed by atoms with Crippen molar-refractivity contribution in [3.05, 3.63) is 29.3 Å². The summed E-state index contributed by atoms with van der Waals surface area (Å²) >= 11 is 6.58. The third-order valence-corrected chi connectivity index (χ3v) is 3.05. The Balaban J connectivity index is 2.20.